The van der Waals surface area contributed by atoms with Crippen LogP contribution in [-0.2, 0) is 9.53 Å². The SMILES string of the molecule is COC(=O)C1=C(C)N(CC(C)C)C(=O)N[C@H]1c1ccccc1F. The van der Waals surface area contributed by atoms with Gasteiger partial charge in [-0.05, 0) is 18.9 Å². The van der Waals surface area contributed by atoms with E-state index < -0.39 is 17.8 Å². The van der Waals surface area contributed by atoms with Crippen molar-refractivity contribution in [2.24, 2.45) is 5.92 Å². The van der Waals surface area contributed by atoms with Crippen molar-refractivity contribution < 1.29 is 18.7 Å². The highest BCUT2D eigenvalue weighted by atomic mass is 19.1. The van der Waals surface area contributed by atoms with Crippen LogP contribution >= 0.6 is 0 Å². The first-order chi connectivity index (χ1) is 10.9. The molecular formula is C17H21FN2O3. The second-order valence-electron chi connectivity index (χ2n) is 5.90. The molecular weight excluding hydrogens is 299 g/mol. The normalized spacial score (nSPS) is 18.3. The van der Waals surface area contributed by atoms with Crippen LogP contribution in [0.1, 0.15) is 32.4 Å². The van der Waals surface area contributed by atoms with Crippen molar-refractivity contribution in [3.63, 3.8) is 0 Å². The van der Waals surface area contributed by atoms with Crippen LogP contribution in [0, 0.1) is 11.7 Å². The molecule has 0 bridgehead atoms. The Bertz CT molecular complexity index is 655. The van der Waals surface area contributed by atoms with Gasteiger partial charge in [0.2, 0.25) is 0 Å². The maximum atomic E-state index is 14.1. The number of urea groups is 1. The molecule has 0 spiro atoms. The van der Waals surface area contributed by atoms with Crippen LogP contribution in [0.3, 0.4) is 0 Å². The molecule has 124 valence electrons. The molecule has 0 saturated carbocycles. The Morgan fingerprint density at radius 2 is 2.04 bits per heavy atom. The number of nitrogens with one attached hydrogen (secondary N) is 1. The zero-order valence-electron chi connectivity index (χ0n) is 13.7. The fraction of sp³-hybridized carbons (Fsp3) is 0.412. The van der Waals surface area contributed by atoms with Gasteiger partial charge in [-0.3, -0.25) is 4.90 Å². The Morgan fingerprint density at radius 3 is 2.61 bits per heavy atom. The van der Waals surface area contributed by atoms with Crippen LogP contribution in [0.4, 0.5) is 9.18 Å². The van der Waals surface area contributed by atoms with Crippen LogP contribution in [0.5, 0.6) is 0 Å². The molecule has 0 unspecified atom stereocenters. The van der Waals surface area contributed by atoms with E-state index in [2.05, 4.69) is 5.32 Å². The second kappa shape index (κ2) is 6.81. The van der Waals surface area contributed by atoms with E-state index in [-0.39, 0.29) is 23.1 Å². The molecule has 1 N–H and O–H groups in total. The molecule has 23 heavy (non-hydrogen) atoms. The molecule has 0 aliphatic carbocycles. The number of benzene rings is 1. The van der Waals surface area contributed by atoms with Gasteiger partial charge in [-0.25, -0.2) is 14.0 Å². The fourth-order valence-corrected chi connectivity index (χ4v) is 2.68. The quantitative estimate of drug-likeness (QED) is 0.868. The zero-order chi connectivity index (χ0) is 17.1. The molecule has 2 rings (SSSR count). The Labute approximate surface area is 135 Å². The molecule has 1 aliphatic heterocycles. The minimum absolute atomic E-state index is 0.222. The van der Waals surface area contributed by atoms with Gasteiger partial charge >= 0.3 is 12.0 Å². The summed E-state index contributed by atoms with van der Waals surface area (Å²) in [6.45, 7) is 6.09. The lowest BCUT2D eigenvalue weighted by Crippen LogP contribution is -2.49. The third-order valence-corrected chi connectivity index (χ3v) is 3.77. The molecule has 1 atom stereocenters. The first-order valence-electron chi connectivity index (χ1n) is 7.48. The number of allylic oxidation sites excluding steroid dienone is 1. The second-order valence-corrected chi connectivity index (χ2v) is 5.90. The predicted molar refractivity (Wildman–Crippen MR) is 83.9 cm³/mol. The zero-order valence-corrected chi connectivity index (χ0v) is 13.7. The molecule has 1 aromatic rings. The van der Waals surface area contributed by atoms with Gasteiger partial charge in [0.15, 0.2) is 0 Å². The number of hydrogen-bond donors (Lipinski definition) is 1. The smallest absolute Gasteiger partial charge is 0.337 e. The van der Waals surface area contributed by atoms with Gasteiger partial charge < -0.3 is 10.1 Å². The van der Waals surface area contributed by atoms with Crippen molar-refractivity contribution in [3.8, 4) is 0 Å². The van der Waals surface area contributed by atoms with Crippen molar-refractivity contribution in [1.82, 2.24) is 10.2 Å². The van der Waals surface area contributed by atoms with Gasteiger partial charge in [0.05, 0.1) is 18.7 Å². The lowest BCUT2D eigenvalue weighted by molar-refractivity contribution is -0.136. The number of hydrogen-bond acceptors (Lipinski definition) is 3. The number of carbonyl (C=O) groups excluding carboxylic acids is 2. The van der Waals surface area contributed by atoms with Crippen LogP contribution in [0.15, 0.2) is 35.5 Å². The highest BCUT2D eigenvalue weighted by Gasteiger charge is 2.37. The summed E-state index contributed by atoms with van der Waals surface area (Å²) in [5.41, 5.74) is 0.977. The van der Waals surface area contributed by atoms with Gasteiger partial charge in [0.1, 0.15) is 5.82 Å². The maximum Gasteiger partial charge on any atom is 0.337 e. The standard InChI is InChI=1S/C17H21FN2O3/c1-10(2)9-20-11(3)14(16(21)23-4)15(19-17(20)22)12-7-5-6-8-13(12)18/h5-8,10,15H,9H2,1-4H3,(H,19,22)/t15-/m0/s1. The van der Waals surface area contributed by atoms with Crippen LogP contribution in [0.2, 0.25) is 0 Å². The average molecular weight is 320 g/mol. The number of halogens is 1. The summed E-state index contributed by atoms with van der Waals surface area (Å²) < 4.78 is 19.0. The van der Waals surface area contributed by atoms with E-state index in [1.807, 2.05) is 13.8 Å². The number of methoxy groups -OCH3 is 1. The number of nitrogens with zero attached hydrogens (tertiary/aromatic N) is 1. The number of esters is 1. The summed E-state index contributed by atoms with van der Waals surface area (Å²) >= 11 is 0. The average Bonchev–Trinajstić information content (AvgIpc) is 2.50. The van der Waals surface area contributed by atoms with Gasteiger partial charge in [0, 0.05) is 17.8 Å². The van der Waals surface area contributed by atoms with Gasteiger partial charge in [0.25, 0.3) is 0 Å². The van der Waals surface area contributed by atoms with Crippen LogP contribution in [0.25, 0.3) is 0 Å². The molecule has 0 radical (unpaired) electrons. The van der Waals surface area contributed by atoms with Crippen LogP contribution in [-0.4, -0.2) is 30.6 Å². The van der Waals surface area contributed by atoms with Crippen molar-refractivity contribution >= 4 is 12.0 Å². The Kier molecular flexibility index (Phi) is 5.03. The van der Waals surface area contributed by atoms with Gasteiger partial charge in [-0.2, -0.15) is 0 Å². The van der Waals surface area contributed by atoms with Gasteiger partial charge in [-0.15, -0.1) is 0 Å². The highest BCUT2D eigenvalue weighted by Crippen LogP contribution is 2.32. The van der Waals surface area contributed by atoms with E-state index in [1.54, 1.807) is 25.1 Å². The lowest BCUT2D eigenvalue weighted by Gasteiger charge is -2.36. The molecule has 1 heterocycles. The molecule has 0 fully saturated rings. The Balaban J connectivity index is 2.55. The van der Waals surface area contributed by atoms with Crippen molar-refractivity contribution in [2.45, 2.75) is 26.8 Å². The summed E-state index contributed by atoms with van der Waals surface area (Å²) in [7, 11) is 1.27. The Hall–Kier alpha value is -2.37. The molecule has 1 aromatic carbocycles. The molecule has 0 saturated heterocycles. The summed E-state index contributed by atoms with van der Waals surface area (Å²) in [5, 5.41) is 2.71. The number of ether oxygens (including phenoxy) is 1. The summed E-state index contributed by atoms with van der Waals surface area (Å²) in [4.78, 5) is 26.1. The summed E-state index contributed by atoms with van der Waals surface area (Å²) in [6, 6.07) is 4.86. The van der Waals surface area contributed by atoms with E-state index in [0.29, 0.717) is 12.2 Å². The Morgan fingerprint density at radius 1 is 1.39 bits per heavy atom. The molecule has 2 amide bonds. The number of rotatable bonds is 4. The van der Waals surface area contributed by atoms with E-state index in [9.17, 15) is 14.0 Å². The van der Waals surface area contributed by atoms with Gasteiger partial charge in [-0.1, -0.05) is 32.0 Å². The first-order valence-corrected chi connectivity index (χ1v) is 7.48. The number of carbonyl (C=O) groups is 2. The third-order valence-electron chi connectivity index (χ3n) is 3.77. The first kappa shape index (κ1) is 17.0. The molecule has 0 aromatic heterocycles. The lowest BCUT2D eigenvalue weighted by atomic mass is 9.94. The van der Waals surface area contributed by atoms with E-state index in [0.717, 1.165) is 0 Å². The topological polar surface area (TPSA) is 58.6 Å². The molecule has 6 heteroatoms. The van der Waals surface area contributed by atoms with E-state index >= 15 is 0 Å². The van der Waals surface area contributed by atoms with Crippen molar-refractivity contribution in [1.29, 1.82) is 0 Å². The van der Waals surface area contributed by atoms with Crippen molar-refractivity contribution in [3.05, 3.63) is 46.9 Å². The monoisotopic (exact) mass is 320 g/mol. The van der Waals surface area contributed by atoms with E-state index in [4.69, 9.17) is 4.74 Å². The fourth-order valence-electron chi connectivity index (χ4n) is 2.68. The molecule has 1 aliphatic rings. The minimum Gasteiger partial charge on any atom is -0.466 e. The summed E-state index contributed by atoms with van der Waals surface area (Å²) in [6.07, 6.45) is 0. The third kappa shape index (κ3) is 3.36. The maximum absolute atomic E-state index is 14.1. The van der Waals surface area contributed by atoms with Crippen LogP contribution < -0.4 is 5.32 Å². The summed E-state index contributed by atoms with van der Waals surface area (Å²) in [5.74, 6) is -0.839. The predicted octanol–water partition coefficient (Wildman–Crippen LogP) is 3.00. The largest absolute Gasteiger partial charge is 0.466 e. The van der Waals surface area contributed by atoms with E-state index in [1.165, 1.54) is 18.1 Å². The van der Waals surface area contributed by atoms with Crippen molar-refractivity contribution in [2.75, 3.05) is 13.7 Å². The molecule has 5 nitrogen and oxygen atoms in total. The minimum atomic E-state index is -0.862. The highest BCUT2D eigenvalue weighted by molar-refractivity contribution is 5.95. The number of amides is 2.